The van der Waals surface area contributed by atoms with Crippen LogP contribution in [0.2, 0.25) is 0 Å². The van der Waals surface area contributed by atoms with Crippen LogP contribution in [0.4, 0.5) is 0 Å². The molecule has 4 rings (SSSR count). The first-order chi connectivity index (χ1) is 17.0. The number of nitrogens with zero attached hydrogens (tertiary/aromatic N) is 2. The predicted molar refractivity (Wildman–Crippen MR) is 130 cm³/mol. The molecule has 0 spiro atoms. The Kier molecular flexibility index (Phi) is 6.98. The maximum atomic E-state index is 13.9. The Morgan fingerprint density at radius 3 is 1.63 bits per heavy atom. The molecule has 1 aliphatic heterocycles. The molecule has 180 valence electrons. The van der Waals surface area contributed by atoms with Crippen LogP contribution in [0.15, 0.2) is 91.0 Å². The third-order valence-electron chi connectivity index (χ3n) is 6.61. The van der Waals surface area contributed by atoms with Crippen molar-refractivity contribution in [1.82, 2.24) is 9.96 Å². The largest absolute Gasteiger partial charge is 0.469 e. The summed E-state index contributed by atoms with van der Waals surface area (Å²) in [6.07, 6.45) is -0.134. The van der Waals surface area contributed by atoms with Gasteiger partial charge in [0.25, 0.3) is 5.91 Å². The molecule has 0 aromatic heterocycles. The van der Waals surface area contributed by atoms with Crippen molar-refractivity contribution in [2.75, 3.05) is 21.3 Å². The molecule has 3 aromatic rings. The van der Waals surface area contributed by atoms with Gasteiger partial charge in [0.05, 0.1) is 26.7 Å². The smallest absolute Gasteiger partial charge is 0.307 e. The molecular weight excluding hydrogens is 444 g/mol. The lowest BCUT2D eigenvalue weighted by Gasteiger charge is -2.57. The molecular formula is C28H28N2O5. The zero-order chi connectivity index (χ0) is 25.0. The number of carbonyl (C=O) groups excluding carboxylic acids is 3. The van der Waals surface area contributed by atoms with E-state index >= 15 is 0 Å². The third-order valence-corrected chi connectivity index (χ3v) is 6.61. The van der Waals surface area contributed by atoms with Crippen molar-refractivity contribution >= 4 is 17.8 Å². The second-order valence-electron chi connectivity index (χ2n) is 8.36. The van der Waals surface area contributed by atoms with Crippen molar-refractivity contribution in [2.24, 2.45) is 5.92 Å². The van der Waals surface area contributed by atoms with Crippen LogP contribution in [-0.2, 0) is 29.5 Å². The van der Waals surface area contributed by atoms with E-state index in [1.165, 1.54) is 21.3 Å². The summed E-state index contributed by atoms with van der Waals surface area (Å²) in [5.41, 5.74) is 1.44. The molecule has 7 nitrogen and oxygen atoms in total. The molecule has 1 heterocycles. The maximum Gasteiger partial charge on any atom is 0.307 e. The molecule has 0 radical (unpaired) electrons. The monoisotopic (exact) mass is 472 g/mol. The van der Waals surface area contributed by atoms with Crippen LogP contribution in [0.5, 0.6) is 0 Å². The van der Waals surface area contributed by atoms with E-state index in [-0.39, 0.29) is 12.3 Å². The Hall–Kier alpha value is -3.97. The lowest BCUT2D eigenvalue weighted by atomic mass is 9.69. The second-order valence-corrected chi connectivity index (χ2v) is 8.36. The first-order valence-corrected chi connectivity index (χ1v) is 11.3. The van der Waals surface area contributed by atoms with Gasteiger partial charge in [0.1, 0.15) is 11.5 Å². The summed E-state index contributed by atoms with van der Waals surface area (Å²) in [5, 5.41) is 1.03. The fourth-order valence-corrected chi connectivity index (χ4v) is 4.93. The van der Waals surface area contributed by atoms with E-state index in [2.05, 4.69) is 0 Å². The summed E-state index contributed by atoms with van der Waals surface area (Å²) in [4.78, 5) is 46.3. The number of esters is 1. The summed E-state index contributed by atoms with van der Waals surface area (Å²) in [6, 6.07) is 28.2. The number of amides is 2. The van der Waals surface area contributed by atoms with Gasteiger partial charge in [-0.05, 0) is 16.7 Å². The van der Waals surface area contributed by atoms with Gasteiger partial charge in [-0.25, -0.2) is 5.06 Å². The van der Waals surface area contributed by atoms with Crippen LogP contribution < -0.4 is 0 Å². The van der Waals surface area contributed by atoms with Crippen LogP contribution in [0.1, 0.15) is 23.1 Å². The summed E-state index contributed by atoms with van der Waals surface area (Å²) >= 11 is 0. The molecule has 1 saturated heterocycles. The Morgan fingerprint density at radius 1 is 0.829 bits per heavy atom. The number of hydroxylamine groups is 2. The minimum absolute atomic E-state index is 0.134. The summed E-state index contributed by atoms with van der Waals surface area (Å²) < 4.78 is 4.95. The molecule has 0 bridgehead atoms. The van der Waals surface area contributed by atoms with Gasteiger partial charge < -0.3 is 9.64 Å². The van der Waals surface area contributed by atoms with Crippen molar-refractivity contribution in [3.8, 4) is 0 Å². The highest BCUT2D eigenvalue weighted by molar-refractivity contribution is 6.07. The van der Waals surface area contributed by atoms with Crippen molar-refractivity contribution in [2.45, 2.75) is 18.0 Å². The topological polar surface area (TPSA) is 76.1 Å². The maximum absolute atomic E-state index is 13.9. The third kappa shape index (κ3) is 4.08. The van der Waals surface area contributed by atoms with Crippen LogP contribution in [0.3, 0.4) is 0 Å². The van der Waals surface area contributed by atoms with Crippen LogP contribution in [0.25, 0.3) is 0 Å². The zero-order valence-corrected chi connectivity index (χ0v) is 20.0. The van der Waals surface area contributed by atoms with Gasteiger partial charge >= 0.3 is 5.97 Å². The normalized spacial score (nSPS) is 17.5. The van der Waals surface area contributed by atoms with Crippen LogP contribution >= 0.6 is 0 Å². The minimum atomic E-state index is -1.08. The molecule has 1 aliphatic rings. The highest BCUT2D eigenvalue weighted by Gasteiger charge is 2.61. The molecule has 1 fully saturated rings. The highest BCUT2D eigenvalue weighted by Crippen LogP contribution is 2.50. The molecule has 7 heteroatoms. The van der Waals surface area contributed by atoms with Gasteiger partial charge in [0, 0.05) is 7.05 Å². The van der Waals surface area contributed by atoms with Crippen molar-refractivity contribution < 1.29 is 24.0 Å². The number of methoxy groups -OCH3 is 1. The van der Waals surface area contributed by atoms with Gasteiger partial charge in [-0.15, -0.1) is 0 Å². The van der Waals surface area contributed by atoms with E-state index in [1.54, 1.807) is 4.90 Å². The van der Waals surface area contributed by atoms with Gasteiger partial charge in [0.2, 0.25) is 5.91 Å². The Labute approximate surface area is 204 Å². The number of hydrogen-bond donors (Lipinski definition) is 0. The molecule has 3 aromatic carbocycles. The van der Waals surface area contributed by atoms with Crippen molar-refractivity contribution in [3.05, 3.63) is 108 Å². The van der Waals surface area contributed by atoms with Gasteiger partial charge in [-0.3, -0.25) is 19.2 Å². The minimum Gasteiger partial charge on any atom is -0.469 e. The molecule has 0 aliphatic carbocycles. The van der Waals surface area contributed by atoms with Gasteiger partial charge in [-0.2, -0.15) is 0 Å². The van der Waals surface area contributed by atoms with E-state index in [4.69, 9.17) is 9.57 Å². The van der Waals surface area contributed by atoms with E-state index in [0.717, 1.165) is 21.8 Å². The fraction of sp³-hybridized carbons (Fsp3) is 0.250. The quantitative estimate of drug-likeness (QED) is 0.165. The standard InChI is InChI=1S/C28H28N2O5/c1-29(35-3)26(32)25-23(19-24(31)34-2)30(27(25)33)28(20-13-7-4-8-14-20,21-15-9-5-10-16-21)22-17-11-6-12-18-22/h4-18,23,25H,19H2,1-3H3. The molecule has 0 saturated carbocycles. The van der Waals surface area contributed by atoms with E-state index in [0.29, 0.717) is 0 Å². The molecule has 0 N–H and O–H groups in total. The van der Waals surface area contributed by atoms with E-state index in [9.17, 15) is 14.4 Å². The predicted octanol–water partition coefficient (Wildman–Crippen LogP) is 3.39. The van der Waals surface area contributed by atoms with Crippen LogP contribution in [-0.4, -0.2) is 55.1 Å². The number of hydrogen-bond acceptors (Lipinski definition) is 5. The first-order valence-electron chi connectivity index (χ1n) is 11.3. The van der Waals surface area contributed by atoms with E-state index < -0.39 is 29.4 Å². The molecule has 35 heavy (non-hydrogen) atoms. The number of carbonyl (C=O) groups is 3. The highest BCUT2D eigenvalue weighted by atomic mass is 16.7. The number of rotatable bonds is 8. The van der Waals surface area contributed by atoms with Gasteiger partial charge in [-0.1, -0.05) is 91.0 Å². The Bertz CT molecular complexity index is 1090. The second kappa shape index (κ2) is 10.1. The van der Waals surface area contributed by atoms with Crippen molar-refractivity contribution in [1.29, 1.82) is 0 Å². The number of likely N-dealkylation sites (tertiary alicyclic amines) is 1. The average Bonchev–Trinajstić information content (AvgIpc) is 2.92. The molecule has 2 atom stereocenters. The van der Waals surface area contributed by atoms with Crippen molar-refractivity contribution in [3.63, 3.8) is 0 Å². The Balaban J connectivity index is 1.99. The number of ether oxygens (including phenoxy) is 1. The van der Waals surface area contributed by atoms with Crippen LogP contribution in [0, 0.1) is 5.92 Å². The van der Waals surface area contributed by atoms with E-state index in [1.807, 2.05) is 91.0 Å². The first kappa shape index (κ1) is 24.2. The summed E-state index contributed by atoms with van der Waals surface area (Å²) in [6.45, 7) is 0. The van der Waals surface area contributed by atoms with Gasteiger partial charge in [0.15, 0.2) is 0 Å². The molecule has 2 amide bonds. The number of benzene rings is 3. The summed E-state index contributed by atoms with van der Waals surface area (Å²) in [5.74, 6) is -2.47. The lowest BCUT2D eigenvalue weighted by molar-refractivity contribution is -0.193. The summed E-state index contributed by atoms with van der Waals surface area (Å²) in [7, 11) is 4.10. The average molecular weight is 473 g/mol. The lowest BCUT2D eigenvalue weighted by Crippen LogP contribution is -2.72. The SMILES string of the molecule is COC(=O)CC1C(C(=O)N(C)OC)C(=O)N1C(c1ccccc1)(c1ccccc1)c1ccccc1. The zero-order valence-electron chi connectivity index (χ0n) is 20.0. The molecule has 2 unspecified atom stereocenters. The Morgan fingerprint density at radius 2 is 1.26 bits per heavy atom. The number of β-lactam (4-membered cyclic amide) rings is 1. The fourth-order valence-electron chi connectivity index (χ4n) is 4.93.